The van der Waals surface area contributed by atoms with Gasteiger partial charge in [-0.3, -0.25) is 0 Å². The summed E-state index contributed by atoms with van der Waals surface area (Å²) in [5.74, 6) is 1.31. The van der Waals surface area contributed by atoms with Crippen molar-refractivity contribution < 1.29 is 0 Å². The van der Waals surface area contributed by atoms with E-state index in [0.717, 1.165) is 0 Å². The predicted molar refractivity (Wildman–Crippen MR) is 97.3 cm³/mol. The van der Waals surface area contributed by atoms with Gasteiger partial charge in [0.15, 0.2) is 0 Å². The summed E-state index contributed by atoms with van der Waals surface area (Å²) in [6.07, 6.45) is 2.41. The third kappa shape index (κ3) is 3.85. The second-order valence-electron chi connectivity index (χ2n) is 6.76. The average Bonchev–Trinajstić information content (AvgIpc) is 2.33. The molecular formula is C18H26IN. The highest BCUT2D eigenvalue weighted by molar-refractivity contribution is 14.1. The van der Waals surface area contributed by atoms with Gasteiger partial charge >= 0.3 is 0 Å². The molecule has 2 rings (SSSR count). The van der Waals surface area contributed by atoms with Crippen molar-refractivity contribution in [3.05, 3.63) is 41.0 Å². The van der Waals surface area contributed by atoms with E-state index in [1.54, 1.807) is 5.57 Å². The van der Waals surface area contributed by atoms with Gasteiger partial charge in [-0.1, -0.05) is 72.4 Å². The second kappa shape index (κ2) is 6.18. The summed E-state index contributed by atoms with van der Waals surface area (Å²) in [6, 6.07) is 9.06. The molecule has 1 nitrogen and oxygen atoms in total. The Kier molecular flexibility index (Phi) is 4.96. The molecule has 1 aromatic rings. The second-order valence-corrected chi connectivity index (χ2v) is 9.46. The number of piperidine rings is 1. The van der Waals surface area contributed by atoms with Crippen LogP contribution >= 0.6 is 22.6 Å². The van der Waals surface area contributed by atoms with E-state index in [1.165, 1.54) is 24.2 Å². The van der Waals surface area contributed by atoms with Crippen LogP contribution in [-0.4, -0.2) is 25.0 Å². The van der Waals surface area contributed by atoms with Gasteiger partial charge in [-0.25, -0.2) is 0 Å². The van der Waals surface area contributed by atoms with Crippen LogP contribution in [0.1, 0.15) is 38.8 Å². The fourth-order valence-corrected chi connectivity index (χ4v) is 3.52. The van der Waals surface area contributed by atoms with E-state index < -0.39 is 0 Å². The normalized spacial score (nSPS) is 24.8. The molecule has 0 N–H and O–H groups in total. The van der Waals surface area contributed by atoms with E-state index in [0.29, 0.717) is 11.8 Å². The number of hydrogen-bond acceptors (Lipinski definition) is 1. The molecule has 1 heterocycles. The topological polar surface area (TPSA) is 3.24 Å². The molecule has 1 aromatic carbocycles. The number of alkyl halides is 1. The number of benzene rings is 1. The molecule has 110 valence electrons. The maximum Gasteiger partial charge on any atom is 0.0414 e. The monoisotopic (exact) mass is 383 g/mol. The Morgan fingerprint density at radius 2 is 1.60 bits per heavy atom. The van der Waals surface area contributed by atoms with Gasteiger partial charge in [-0.2, -0.15) is 0 Å². The summed E-state index contributed by atoms with van der Waals surface area (Å²) >= 11 is 2.50. The fraction of sp³-hybridized carbons (Fsp3) is 0.556. The minimum atomic E-state index is 0.206. The van der Waals surface area contributed by atoms with Crippen LogP contribution in [-0.2, 0) is 3.42 Å². The lowest BCUT2D eigenvalue weighted by Gasteiger charge is -2.35. The average molecular weight is 383 g/mol. The Balaban J connectivity index is 2.22. The molecule has 0 amide bonds. The molecule has 1 fully saturated rings. The number of likely N-dealkylation sites (tertiary alicyclic amines) is 1. The molecule has 2 unspecified atom stereocenters. The molecule has 0 aliphatic carbocycles. The van der Waals surface area contributed by atoms with Crippen LogP contribution in [0.15, 0.2) is 29.8 Å². The van der Waals surface area contributed by atoms with Crippen molar-refractivity contribution in [1.82, 2.24) is 4.90 Å². The van der Waals surface area contributed by atoms with Gasteiger partial charge < -0.3 is 4.90 Å². The maximum absolute atomic E-state index is 2.50. The molecule has 0 saturated carbocycles. The molecule has 1 aliphatic heterocycles. The summed E-state index contributed by atoms with van der Waals surface area (Å²) in [5.41, 5.74) is 4.34. The minimum absolute atomic E-state index is 0.206. The van der Waals surface area contributed by atoms with Crippen LogP contribution < -0.4 is 0 Å². The van der Waals surface area contributed by atoms with Gasteiger partial charge in [0.2, 0.25) is 0 Å². The molecule has 0 radical (unpaired) electrons. The highest BCUT2D eigenvalue weighted by Crippen LogP contribution is 2.32. The van der Waals surface area contributed by atoms with E-state index in [4.69, 9.17) is 0 Å². The zero-order valence-corrected chi connectivity index (χ0v) is 15.4. The summed E-state index contributed by atoms with van der Waals surface area (Å²) in [7, 11) is 2.22. The van der Waals surface area contributed by atoms with Crippen LogP contribution in [0, 0.1) is 11.8 Å². The van der Waals surface area contributed by atoms with Gasteiger partial charge in [0.1, 0.15) is 0 Å². The first kappa shape index (κ1) is 16.0. The first-order chi connectivity index (χ1) is 9.27. The largest absolute Gasteiger partial charge is 0.305 e. The van der Waals surface area contributed by atoms with Crippen LogP contribution in [0.3, 0.4) is 0 Å². The van der Waals surface area contributed by atoms with E-state index >= 15 is 0 Å². The van der Waals surface area contributed by atoms with E-state index in [1.807, 2.05) is 0 Å². The van der Waals surface area contributed by atoms with Crippen LogP contribution in [0.5, 0.6) is 0 Å². The fourth-order valence-electron chi connectivity index (χ4n) is 3.16. The zero-order chi connectivity index (χ0) is 14.9. The number of hydrogen-bond donors (Lipinski definition) is 0. The smallest absolute Gasteiger partial charge is 0.0414 e. The van der Waals surface area contributed by atoms with Crippen molar-refractivity contribution in [3.8, 4) is 0 Å². The SMILES string of the molecule is CC1CN(C)CC(C)C1=Cc1ccc(C(C)(C)I)cc1. The van der Waals surface area contributed by atoms with E-state index in [9.17, 15) is 0 Å². The molecule has 0 bridgehead atoms. The third-order valence-electron chi connectivity index (χ3n) is 4.24. The molecule has 2 atom stereocenters. The van der Waals surface area contributed by atoms with Crippen molar-refractivity contribution >= 4 is 28.7 Å². The van der Waals surface area contributed by atoms with E-state index in [-0.39, 0.29) is 3.42 Å². The molecule has 0 aromatic heterocycles. The molecular weight excluding hydrogens is 357 g/mol. The summed E-state index contributed by atoms with van der Waals surface area (Å²) in [6.45, 7) is 11.6. The Morgan fingerprint density at radius 3 is 2.05 bits per heavy atom. The third-order valence-corrected chi connectivity index (χ3v) is 4.86. The van der Waals surface area contributed by atoms with Gasteiger partial charge in [0.05, 0.1) is 0 Å². The van der Waals surface area contributed by atoms with Crippen LogP contribution in [0.2, 0.25) is 0 Å². The van der Waals surface area contributed by atoms with Crippen molar-refractivity contribution in [3.63, 3.8) is 0 Å². The van der Waals surface area contributed by atoms with Crippen LogP contribution in [0.4, 0.5) is 0 Å². The van der Waals surface area contributed by atoms with Crippen molar-refractivity contribution in [2.24, 2.45) is 11.8 Å². The van der Waals surface area contributed by atoms with Crippen molar-refractivity contribution in [2.45, 2.75) is 31.1 Å². The number of nitrogens with zero attached hydrogens (tertiary/aromatic N) is 1. The first-order valence-corrected chi connectivity index (χ1v) is 8.54. The lowest BCUT2D eigenvalue weighted by atomic mass is 9.84. The molecule has 1 aliphatic rings. The lowest BCUT2D eigenvalue weighted by molar-refractivity contribution is 0.228. The Bertz CT molecular complexity index is 467. The number of rotatable bonds is 2. The molecule has 20 heavy (non-hydrogen) atoms. The summed E-state index contributed by atoms with van der Waals surface area (Å²) in [4.78, 5) is 2.44. The van der Waals surface area contributed by atoms with Crippen molar-refractivity contribution in [1.29, 1.82) is 0 Å². The highest BCUT2D eigenvalue weighted by Gasteiger charge is 2.24. The van der Waals surface area contributed by atoms with Gasteiger partial charge in [-0.05, 0) is 43.9 Å². The maximum atomic E-state index is 2.50. The van der Waals surface area contributed by atoms with Gasteiger partial charge in [0, 0.05) is 16.5 Å². The molecule has 1 saturated heterocycles. The Morgan fingerprint density at radius 1 is 1.10 bits per heavy atom. The zero-order valence-electron chi connectivity index (χ0n) is 13.3. The summed E-state index contributed by atoms with van der Waals surface area (Å²) in [5, 5.41) is 0. The van der Waals surface area contributed by atoms with Crippen molar-refractivity contribution in [2.75, 3.05) is 20.1 Å². The first-order valence-electron chi connectivity index (χ1n) is 7.47. The van der Waals surface area contributed by atoms with E-state index in [2.05, 4.69) is 92.6 Å². The lowest BCUT2D eigenvalue weighted by Crippen LogP contribution is -2.37. The van der Waals surface area contributed by atoms with Gasteiger partial charge in [-0.15, -0.1) is 0 Å². The quantitative estimate of drug-likeness (QED) is 0.516. The Labute approximate surface area is 137 Å². The Hall–Kier alpha value is -0.350. The highest BCUT2D eigenvalue weighted by atomic mass is 127. The minimum Gasteiger partial charge on any atom is -0.305 e. The van der Waals surface area contributed by atoms with Gasteiger partial charge in [0.25, 0.3) is 0 Å². The van der Waals surface area contributed by atoms with Crippen LogP contribution in [0.25, 0.3) is 6.08 Å². The number of halogens is 1. The molecule has 2 heteroatoms. The standard InChI is InChI=1S/C18H26IN/c1-13-11-20(5)12-14(2)17(13)10-15-6-8-16(9-7-15)18(3,4)19/h6-10,13-14H,11-12H2,1-5H3. The predicted octanol–water partition coefficient (Wildman–Crippen LogP) is 4.96. The molecule has 0 spiro atoms. The summed E-state index contributed by atoms with van der Waals surface area (Å²) < 4.78 is 0.206.